The molecule has 2 atom stereocenters. The molecule has 0 spiro atoms. The van der Waals surface area contributed by atoms with Gasteiger partial charge in [0.1, 0.15) is 11.7 Å². The molecule has 0 aliphatic carbocycles. The van der Waals surface area contributed by atoms with Crippen LogP contribution in [-0.4, -0.2) is 60.0 Å². The lowest BCUT2D eigenvalue weighted by molar-refractivity contribution is -0.133. The molecule has 0 amide bonds. The minimum atomic E-state index is -0.991. The van der Waals surface area contributed by atoms with Crippen LogP contribution in [0.5, 0.6) is 0 Å². The third kappa shape index (κ3) is 4.13. The molecule has 1 aromatic rings. The normalized spacial score (nSPS) is 24.0. The number of hydrogen-bond donors (Lipinski definition) is 1. The number of aliphatic carboxylic acids is 1. The zero-order chi connectivity index (χ0) is 19.6. The smallest absolute Gasteiger partial charge is 0.341 e. The Morgan fingerprint density at radius 2 is 2.07 bits per heavy atom. The molecular formula is C20H25ClN2O4. The highest BCUT2D eigenvalue weighted by molar-refractivity contribution is 6.30. The van der Waals surface area contributed by atoms with Crippen LogP contribution in [0.15, 0.2) is 47.4 Å². The summed E-state index contributed by atoms with van der Waals surface area (Å²) in [6.07, 6.45) is 1.89. The Kier molecular flexibility index (Phi) is 6.09. The van der Waals surface area contributed by atoms with E-state index < -0.39 is 5.97 Å². The molecular weight excluding hydrogens is 368 g/mol. The number of benzene rings is 1. The lowest BCUT2D eigenvalue weighted by atomic mass is 10.0. The average molecular weight is 393 g/mol. The Balaban J connectivity index is 2.02. The molecule has 1 aromatic carbocycles. The second-order valence-corrected chi connectivity index (χ2v) is 7.31. The summed E-state index contributed by atoms with van der Waals surface area (Å²) in [5.74, 6) is -0.615. The first-order valence-electron chi connectivity index (χ1n) is 8.97. The number of nitrogens with zero attached hydrogens (tertiary/aromatic N) is 2. The van der Waals surface area contributed by atoms with Gasteiger partial charge in [0.15, 0.2) is 0 Å². The number of carboxylic acid groups (broad SMARTS) is 1. The summed E-state index contributed by atoms with van der Waals surface area (Å²) in [7, 11) is 1.52. The Hall–Kier alpha value is -2.02. The molecule has 0 aromatic heterocycles. The van der Waals surface area contributed by atoms with E-state index in [2.05, 4.69) is 11.8 Å². The number of morpholine rings is 1. The van der Waals surface area contributed by atoms with Crippen molar-refractivity contribution in [2.75, 3.05) is 26.9 Å². The van der Waals surface area contributed by atoms with Gasteiger partial charge < -0.3 is 19.5 Å². The predicted octanol–water partition coefficient (Wildman–Crippen LogP) is 3.09. The Bertz CT molecular complexity index is 760. The maximum absolute atomic E-state index is 11.9. The minimum absolute atomic E-state index is 0.113. The predicted molar refractivity (Wildman–Crippen MR) is 103 cm³/mol. The van der Waals surface area contributed by atoms with E-state index in [0.29, 0.717) is 36.2 Å². The van der Waals surface area contributed by atoms with E-state index in [9.17, 15) is 9.90 Å². The molecule has 146 valence electrons. The van der Waals surface area contributed by atoms with Crippen molar-refractivity contribution in [1.29, 1.82) is 0 Å². The lowest BCUT2D eigenvalue weighted by Gasteiger charge is -2.46. The molecule has 3 rings (SSSR count). The Morgan fingerprint density at radius 3 is 2.67 bits per heavy atom. The van der Waals surface area contributed by atoms with Crippen LogP contribution >= 0.6 is 11.6 Å². The fraction of sp³-hybridized carbons (Fsp3) is 0.450. The molecule has 2 aliphatic heterocycles. The molecule has 0 radical (unpaired) electrons. The summed E-state index contributed by atoms with van der Waals surface area (Å²) in [5, 5.41) is 10.4. The summed E-state index contributed by atoms with van der Waals surface area (Å²) in [6, 6.07) is 7.78. The van der Waals surface area contributed by atoms with E-state index in [-0.39, 0.29) is 17.8 Å². The van der Waals surface area contributed by atoms with Gasteiger partial charge >= 0.3 is 5.97 Å². The van der Waals surface area contributed by atoms with E-state index in [4.69, 9.17) is 21.1 Å². The van der Waals surface area contributed by atoms with E-state index in [1.807, 2.05) is 42.2 Å². The molecule has 2 aliphatic rings. The van der Waals surface area contributed by atoms with Crippen LogP contribution in [0.25, 0.3) is 0 Å². The summed E-state index contributed by atoms with van der Waals surface area (Å²) < 4.78 is 11.2. The van der Waals surface area contributed by atoms with Gasteiger partial charge in [-0.1, -0.05) is 23.7 Å². The van der Waals surface area contributed by atoms with Crippen LogP contribution in [0.2, 0.25) is 5.02 Å². The first-order valence-corrected chi connectivity index (χ1v) is 9.35. The van der Waals surface area contributed by atoms with Crippen LogP contribution in [0.3, 0.4) is 0 Å². The number of methoxy groups -OCH3 is 1. The second kappa shape index (κ2) is 8.33. The standard InChI is InChI=1S/C20H25ClN2O4/c1-13-10-17(22-8-9-27-12-14(22)2)23(19(26-3)18(13)20(24)25)11-15-4-6-16(21)7-5-15/h4-7,10,14,17H,8-9,11-12H2,1-3H3,(H,24,25)/t14-,17?/m1/s1. The number of rotatable bonds is 5. The van der Waals surface area contributed by atoms with Crippen molar-refractivity contribution in [2.24, 2.45) is 0 Å². The van der Waals surface area contributed by atoms with Crippen LogP contribution in [-0.2, 0) is 20.8 Å². The van der Waals surface area contributed by atoms with Crippen LogP contribution in [0, 0.1) is 0 Å². The van der Waals surface area contributed by atoms with Crippen molar-refractivity contribution in [3.05, 3.63) is 58.0 Å². The van der Waals surface area contributed by atoms with Crippen molar-refractivity contribution in [2.45, 2.75) is 32.6 Å². The average Bonchev–Trinajstić information content (AvgIpc) is 2.64. The highest BCUT2D eigenvalue weighted by atomic mass is 35.5. The molecule has 2 heterocycles. The van der Waals surface area contributed by atoms with Crippen molar-refractivity contribution >= 4 is 17.6 Å². The van der Waals surface area contributed by atoms with E-state index >= 15 is 0 Å². The van der Waals surface area contributed by atoms with Crippen molar-refractivity contribution in [3.8, 4) is 0 Å². The highest BCUT2D eigenvalue weighted by Gasteiger charge is 2.37. The first kappa shape index (κ1) is 19.7. The largest absolute Gasteiger partial charge is 0.482 e. The van der Waals surface area contributed by atoms with Gasteiger partial charge in [0.05, 0.1) is 20.3 Å². The maximum Gasteiger partial charge on any atom is 0.341 e. The number of halogens is 1. The summed E-state index contributed by atoms with van der Waals surface area (Å²) in [4.78, 5) is 16.2. The van der Waals surface area contributed by atoms with Crippen LogP contribution < -0.4 is 0 Å². The molecule has 0 saturated carbocycles. The maximum atomic E-state index is 11.9. The molecule has 1 saturated heterocycles. The van der Waals surface area contributed by atoms with Crippen LogP contribution in [0.4, 0.5) is 0 Å². The van der Waals surface area contributed by atoms with E-state index in [0.717, 1.165) is 12.1 Å². The van der Waals surface area contributed by atoms with Gasteiger partial charge in [-0.05, 0) is 43.2 Å². The van der Waals surface area contributed by atoms with Gasteiger partial charge in [0.25, 0.3) is 0 Å². The van der Waals surface area contributed by atoms with Crippen molar-refractivity contribution < 1.29 is 19.4 Å². The summed E-state index contributed by atoms with van der Waals surface area (Å²) in [5.41, 5.74) is 1.93. The molecule has 1 unspecified atom stereocenters. The van der Waals surface area contributed by atoms with Gasteiger partial charge in [0, 0.05) is 24.2 Å². The third-order valence-corrected chi connectivity index (χ3v) is 5.27. The van der Waals surface area contributed by atoms with Crippen LogP contribution in [0.1, 0.15) is 19.4 Å². The van der Waals surface area contributed by atoms with Crippen molar-refractivity contribution in [3.63, 3.8) is 0 Å². The van der Waals surface area contributed by atoms with Gasteiger partial charge in [0.2, 0.25) is 5.88 Å². The highest BCUT2D eigenvalue weighted by Crippen LogP contribution is 2.32. The Labute approximate surface area is 164 Å². The van der Waals surface area contributed by atoms with Gasteiger partial charge in [-0.2, -0.15) is 0 Å². The molecule has 6 nitrogen and oxygen atoms in total. The molecule has 7 heteroatoms. The lowest BCUT2D eigenvalue weighted by Crippen LogP contribution is -2.56. The SMILES string of the molecule is COC1=C(C(=O)O)C(C)=CC(N2CCOC[C@H]2C)N1Cc1ccc(Cl)cc1. The quantitative estimate of drug-likeness (QED) is 0.830. The zero-order valence-corrected chi connectivity index (χ0v) is 16.6. The van der Waals surface area contributed by atoms with Crippen molar-refractivity contribution in [1.82, 2.24) is 9.80 Å². The number of ether oxygens (including phenoxy) is 2. The monoisotopic (exact) mass is 392 g/mol. The third-order valence-electron chi connectivity index (χ3n) is 5.02. The summed E-state index contributed by atoms with van der Waals surface area (Å²) >= 11 is 6.01. The molecule has 1 N–H and O–H groups in total. The van der Waals surface area contributed by atoms with E-state index in [1.54, 1.807) is 0 Å². The van der Waals surface area contributed by atoms with Gasteiger partial charge in [-0.15, -0.1) is 0 Å². The number of carboxylic acids is 1. The van der Waals surface area contributed by atoms with Gasteiger partial charge in [-0.3, -0.25) is 4.90 Å². The molecule has 1 fully saturated rings. The zero-order valence-electron chi connectivity index (χ0n) is 15.8. The first-order chi connectivity index (χ1) is 12.9. The number of carbonyl (C=O) groups is 1. The van der Waals surface area contributed by atoms with E-state index in [1.165, 1.54) is 7.11 Å². The topological polar surface area (TPSA) is 62.2 Å². The fourth-order valence-corrected chi connectivity index (χ4v) is 3.79. The Morgan fingerprint density at radius 1 is 1.37 bits per heavy atom. The molecule has 27 heavy (non-hydrogen) atoms. The molecule has 0 bridgehead atoms. The van der Waals surface area contributed by atoms with Gasteiger partial charge in [-0.25, -0.2) is 4.79 Å². The number of hydrogen-bond acceptors (Lipinski definition) is 5. The summed E-state index contributed by atoms with van der Waals surface area (Å²) in [6.45, 7) is 6.52. The minimum Gasteiger partial charge on any atom is -0.482 e. The second-order valence-electron chi connectivity index (χ2n) is 6.87. The fourth-order valence-electron chi connectivity index (χ4n) is 3.67.